The molecule has 1 N–H and O–H groups in total. The largest absolute Gasteiger partial charge is 0.496 e. The molecule has 3 rings (SSSR count). The van der Waals surface area contributed by atoms with Crippen LogP contribution >= 0.6 is 11.8 Å². The van der Waals surface area contributed by atoms with Crippen LogP contribution < -0.4 is 14.8 Å². The average molecular weight is 422 g/mol. The number of aryl methyl sites for hydroxylation is 1. The van der Waals surface area contributed by atoms with Gasteiger partial charge in [0.05, 0.1) is 20.0 Å². The summed E-state index contributed by atoms with van der Waals surface area (Å²) in [6.07, 6.45) is 0. The number of rotatable bonds is 8. The van der Waals surface area contributed by atoms with Crippen molar-refractivity contribution < 1.29 is 19.1 Å². The first-order chi connectivity index (χ1) is 14.5. The van der Waals surface area contributed by atoms with E-state index >= 15 is 0 Å². The Bertz CT molecular complexity index is 1010. The number of benzene rings is 3. The van der Waals surface area contributed by atoms with Crippen LogP contribution in [0.4, 0.5) is 5.69 Å². The molecule has 0 heterocycles. The number of ketones is 1. The summed E-state index contributed by atoms with van der Waals surface area (Å²) in [5, 5.41) is 2.86. The first-order valence-electron chi connectivity index (χ1n) is 9.37. The van der Waals surface area contributed by atoms with Crippen molar-refractivity contribution in [1.82, 2.24) is 0 Å². The summed E-state index contributed by atoms with van der Waals surface area (Å²) in [6.45, 7) is 1.99. The molecule has 0 unspecified atom stereocenters. The maximum atomic E-state index is 12.7. The summed E-state index contributed by atoms with van der Waals surface area (Å²) in [5.41, 5.74) is 2.82. The van der Waals surface area contributed by atoms with Crippen molar-refractivity contribution in [2.75, 3.05) is 25.3 Å². The van der Waals surface area contributed by atoms with Gasteiger partial charge in [-0.05, 0) is 43.3 Å². The summed E-state index contributed by atoms with van der Waals surface area (Å²) < 4.78 is 10.6. The Balaban J connectivity index is 1.63. The number of hydrogen-bond acceptors (Lipinski definition) is 5. The number of amides is 1. The molecule has 0 saturated carbocycles. The van der Waals surface area contributed by atoms with Gasteiger partial charge in [0.2, 0.25) is 0 Å². The minimum Gasteiger partial charge on any atom is -0.496 e. The molecule has 0 aliphatic carbocycles. The van der Waals surface area contributed by atoms with Crippen LogP contribution in [0.25, 0.3) is 0 Å². The second-order valence-corrected chi connectivity index (χ2v) is 7.64. The van der Waals surface area contributed by atoms with E-state index in [4.69, 9.17) is 9.47 Å². The standard InChI is InChI=1S/C24H23NO4S/c1-16-7-9-17(10-8-16)20(26)15-30-19-13-11-18(12-14-19)25-24(27)23-21(28-2)5-4-6-22(23)29-3/h4-14H,15H2,1-3H3,(H,25,27). The van der Waals surface area contributed by atoms with E-state index < -0.39 is 0 Å². The van der Waals surface area contributed by atoms with Gasteiger partial charge in [0.1, 0.15) is 17.1 Å². The lowest BCUT2D eigenvalue weighted by Crippen LogP contribution is -2.14. The molecular weight excluding hydrogens is 398 g/mol. The molecule has 154 valence electrons. The van der Waals surface area contributed by atoms with Crippen molar-refractivity contribution >= 4 is 29.1 Å². The van der Waals surface area contributed by atoms with Gasteiger partial charge in [-0.2, -0.15) is 0 Å². The molecule has 0 saturated heterocycles. The second kappa shape index (κ2) is 9.98. The Kier molecular flexibility index (Phi) is 7.14. The van der Waals surface area contributed by atoms with Gasteiger partial charge in [-0.15, -0.1) is 11.8 Å². The maximum Gasteiger partial charge on any atom is 0.263 e. The first kappa shape index (κ1) is 21.5. The van der Waals surface area contributed by atoms with Gasteiger partial charge in [-0.1, -0.05) is 35.9 Å². The zero-order valence-corrected chi connectivity index (χ0v) is 17.9. The summed E-state index contributed by atoms with van der Waals surface area (Å²) in [4.78, 5) is 26.0. The van der Waals surface area contributed by atoms with Gasteiger partial charge < -0.3 is 14.8 Å². The average Bonchev–Trinajstić information content (AvgIpc) is 2.78. The molecule has 0 spiro atoms. The van der Waals surface area contributed by atoms with Crippen LogP contribution in [0.1, 0.15) is 26.3 Å². The van der Waals surface area contributed by atoms with Crippen molar-refractivity contribution in [3.8, 4) is 11.5 Å². The molecule has 0 radical (unpaired) electrons. The fraction of sp³-hybridized carbons (Fsp3) is 0.167. The van der Waals surface area contributed by atoms with Gasteiger partial charge in [0.15, 0.2) is 5.78 Å². The smallest absolute Gasteiger partial charge is 0.263 e. The Morgan fingerprint density at radius 1 is 0.867 bits per heavy atom. The molecule has 1 amide bonds. The lowest BCUT2D eigenvalue weighted by molar-refractivity contribution is 0.101. The van der Waals surface area contributed by atoms with Crippen molar-refractivity contribution in [2.24, 2.45) is 0 Å². The molecule has 5 nitrogen and oxygen atoms in total. The predicted molar refractivity (Wildman–Crippen MR) is 120 cm³/mol. The minimum absolute atomic E-state index is 0.0839. The summed E-state index contributed by atoms with van der Waals surface area (Å²) in [5.74, 6) is 0.995. The van der Waals surface area contributed by atoms with E-state index in [1.807, 2.05) is 43.3 Å². The van der Waals surface area contributed by atoms with Crippen LogP contribution in [0.5, 0.6) is 11.5 Å². The third-order valence-electron chi connectivity index (χ3n) is 4.51. The fourth-order valence-corrected chi connectivity index (χ4v) is 3.67. The molecule has 0 bridgehead atoms. The van der Waals surface area contributed by atoms with E-state index in [-0.39, 0.29) is 11.7 Å². The second-order valence-electron chi connectivity index (χ2n) is 6.59. The Morgan fingerprint density at radius 2 is 1.47 bits per heavy atom. The highest BCUT2D eigenvalue weighted by molar-refractivity contribution is 8.00. The number of ether oxygens (including phenoxy) is 2. The van der Waals surface area contributed by atoms with Gasteiger partial charge in [0, 0.05) is 16.1 Å². The number of methoxy groups -OCH3 is 2. The lowest BCUT2D eigenvalue weighted by atomic mass is 10.1. The van der Waals surface area contributed by atoms with E-state index in [0.717, 1.165) is 10.5 Å². The highest BCUT2D eigenvalue weighted by Crippen LogP contribution is 2.29. The molecule has 3 aromatic carbocycles. The summed E-state index contributed by atoms with van der Waals surface area (Å²) in [7, 11) is 3.02. The molecule has 6 heteroatoms. The number of carbonyl (C=O) groups excluding carboxylic acids is 2. The van der Waals surface area contributed by atoms with Crippen molar-refractivity contribution in [3.05, 3.63) is 83.4 Å². The van der Waals surface area contributed by atoms with Crippen LogP contribution in [0.2, 0.25) is 0 Å². The molecule has 30 heavy (non-hydrogen) atoms. The highest BCUT2D eigenvalue weighted by Gasteiger charge is 2.18. The molecule has 0 aliphatic rings. The summed E-state index contributed by atoms with van der Waals surface area (Å²) >= 11 is 1.46. The Hall–Kier alpha value is -3.25. The van der Waals surface area contributed by atoms with Crippen LogP contribution in [0, 0.1) is 6.92 Å². The third-order valence-corrected chi connectivity index (χ3v) is 5.52. The van der Waals surface area contributed by atoms with E-state index in [0.29, 0.717) is 34.1 Å². The first-order valence-corrected chi connectivity index (χ1v) is 10.4. The Labute approximate surface area is 180 Å². The maximum absolute atomic E-state index is 12.7. The van der Waals surface area contributed by atoms with Gasteiger partial charge in [0.25, 0.3) is 5.91 Å². The van der Waals surface area contributed by atoms with Gasteiger partial charge in [-0.3, -0.25) is 9.59 Å². The molecular formula is C24H23NO4S. The molecule has 3 aromatic rings. The van der Waals surface area contributed by atoms with Crippen molar-refractivity contribution in [1.29, 1.82) is 0 Å². The minimum atomic E-state index is -0.320. The van der Waals surface area contributed by atoms with E-state index in [2.05, 4.69) is 5.32 Å². The van der Waals surface area contributed by atoms with Crippen molar-refractivity contribution in [2.45, 2.75) is 11.8 Å². The number of Topliss-reactive ketones (excluding diaryl/α,β-unsaturated/α-hetero) is 1. The fourth-order valence-electron chi connectivity index (χ4n) is 2.87. The quantitative estimate of drug-likeness (QED) is 0.398. The van der Waals surface area contributed by atoms with Crippen LogP contribution in [-0.2, 0) is 0 Å². The molecule has 0 atom stereocenters. The summed E-state index contributed by atoms with van der Waals surface area (Å²) in [6, 6.07) is 20.1. The van der Waals surface area contributed by atoms with Crippen LogP contribution in [0.15, 0.2) is 71.6 Å². The number of nitrogens with one attached hydrogen (secondary N) is 1. The van der Waals surface area contributed by atoms with Crippen molar-refractivity contribution in [3.63, 3.8) is 0 Å². The lowest BCUT2D eigenvalue weighted by Gasteiger charge is -2.13. The number of anilines is 1. The van der Waals surface area contributed by atoms with E-state index in [1.165, 1.54) is 26.0 Å². The molecule has 0 aromatic heterocycles. The van der Waals surface area contributed by atoms with Crippen LogP contribution in [-0.4, -0.2) is 31.7 Å². The SMILES string of the molecule is COc1cccc(OC)c1C(=O)Nc1ccc(SCC(=O)c2ccc(C)cc2)cc1. The zero-order chi connectivity index (χ0) is 21.5. The third kappa shape index (κ3) is 5.21. The normalized spacial score (nSPS) is 10.4. The van der Waals surface area contributed by atoms with E-state index in [9.17, 15) is 9.59 Å². The predicted octanol–water partition coefficient (Wildman–Crippen LogP) is 5.24. The molecule has 0 fully saturated rings. The number of hydrogen-bond donors (Lipinski definition) is 1. The topological polar surface area (TPSA) is 64.6 Å². The molecule has 0 aliphatic heterocycles. The van der Waals surface area contributed by atoms with Crippen LogP contribution in [0.3, 0.4) is 0 Å². The number of carbonyl (C=O) groups is 2. The zero-order valence-electron chi connectivity index (χ0n) is 17.1. The monoisotopic (exact) mass is 421 g/mol. The van der Waals surface area contributed by atoms with E-state index in [1.54, 1.807) is 30.3 Å². The Morgan fingerprint density at radius 3 is 2.03 bits per heavy atom. The highest BCUT2D eigenvalue weighted by atomic mass is 32.2. The van der Waals surface area contributed by atoms with Gasteiger partial charge in [-0.25, -0.2) is 0 Å². The van der Waals surface area contributed by atoms with Gasteiger partial charge >= 0.3 is 0 Å². The number of thioether (sulfide) groups is 1.